The van der Waals surface area contributed by atoms with Crippen molar-refractivity contribution in [2.75, 3.05) is 6.23 Å². The van der Waals surface area contributed by atoms with Crippen LogP contribution in [0.5, 0.6) is 0 Å². The third kappa shape index (κ3) is 3.30. The monoisotopic (exact) mass is 246 g/mol. The molecule has 1 aromatic carbocycles. The molecule has 1 aliphatic carbocycles. The molecule has 17 heavy (non-hydrogen) atoms. The third-order valence-corrected chi connectivity index (χ3v) is 4.05. The molecular formula is C15H22OSi. The molecule has 0 N–H and O–H groups in total. The predicted molar refractivity (Wildman–Crippen MR) is 77.0 cm³/mol. The van der Waals surface area contributed by atoms with Gasteiger partial charge in [0.2, 0.25) is 0 Å². The highest BCUT2D eigenvalue weighted by Crippen LogP contribution is 2.35. The molecule has 0 heterocycles. The summed E-state index contributed by atoms with van der Waals surface area (Å²) < 4.78 is 5.46. The highest BCUT2D eigenvalue weighted by molar-refractivity contribution is 6.08. The number of hydrogen-bond acceptors (Lipinski definition) is 1. The zero-order valence-electron chi connectivity index (χ0n) is 10.7. The lowest BCUT2D eigenvalue weighted by atomic mass is 9.92. The first-order valence-corrected chi connectivity index (χ1v) is 8.08. The fraction of sp³-hybridized carbons (Fsp3) is 0.467. The van der Waals surface area contributed by atoms with Crippen LogP contribution in [-0.4, -0.2) is 16.5 Å². The molecule has 0 atom stereocenters. The van der Waals surface area contributed by atoms with Gasteiger partial charge in [-0.15, -0.1) is 0 Å². The summed E-state index contributed by atoms with van der Waals surface area (Å²) in [6.07, 6.45) is 6.30. The van der Waals surface area contributed by atoms with Gasteiger partial charge < -0.3 is 4.74 Å². The number of allylic oxidation sites excluding steroid dienone is 1. The molecule has 2 heteroatoms. The lowest BCUT2D eigenvalue weighted by Crippen LogP contribution is -1.98. The van der Waals surface area contributed by atoms with Crippen LogP contribution in [-0.2, 0) is 11.3 Å². The van der Waals surface area contributed by atoms with Crippen molar-refractivity contribution in [2.24, 2.45) is 5.92 Å². The van der Waals surface area contributed by atoms with Gasteiger partial charge in [-0.2, -0.15) is 0 Å². The van der Waals surface area contributed by atoms with E-state index in [4.69, 9.17) is 4.74 Å². The first-order valence-electron chi connectivity index (χ1n) is 6.67. The Bertz CT molecular complexity index is 363. The molecule has 0 spiro atoms. The van der Waals surface area contributed by atoms with Crippen molar-refractivity contribution in [3.8, 4) is 0 Å². The molecule has 0 bridgehead atoms. The molecule has 1 aromatic rings. The fourth-order valence-corrected chi connectivity index (χ4v) is 2.75. The Morgan fingerprint density at radius 1 is 1.24 bits per heavy atom. The zero-order chi connectivity index (χ0) is 12.1. The molecule has 0 unspecified atom stereocenters. The van der Waals surface area contributed by atoms with Crippen LogP contribution in [0.15, 0.2) is 30.8 Å². The SMILES string of the molecule is C=C(c1ccc(COC[SiH3])cc1)C1CCCC1. The standard InChI is InChI=1S/C15H22OSi/c1-12(14-4-2-3-5-14)15-8-6-13(7-9-15)10-16-11-17/h6-9,14H,1-5,10-11H2,17H3. The second-order valence-corrected chi connectivity index (χ2v) is 5.42. The molecule has 1 fully saturated rings. The van der Waals surface area contributed by atoms with E-state index in [9.17, 15) is 0 Å². The Hall–Kier alpha value is -0.863. The summed E-state index contributed by atoms with van der Waals surface area (Å²) in [4.78, 5) is 0. The second-order valence-electron chi connectivity index (χ2n) is 4.84. The van der Waals surface area contributed by atoms with E-state index in [1.165, 1.54) is 42.4 Å². The van der Waals surface area contributed by atoms with Crippen molar-refractivity contribution in [2.45, 2.75) is 32.3 Å². The number of benzene rings is 1. The normalized spacial score (nSPS) is 16.5. The van der Waals surface area contributed by atoms with E-state index in [0.29, 0.717) is 0 Å². The minimum atomic E-state index is 0.721. The van der Waals surface area contributed by atoms with E-state index in [-0.39, 0.29) is 0 Å². The molecule has 0 amide bonds. The van der Waals surface area contributed by atoms with E-state index in [1.54, 1.807) is 0 Å². The molecule has 2 rings (SSSR count). The maximum Gasteiger partial charge on any atom is 0.0712 e. The van der Waals surface area contributed by atoms with Gasteiger partial charge in [-0.3, -0.25) is 0 Å². The van der Waals surface area contributed by atoms with Crippen LogP contribution in [0.2, 0.25) is 0 Å². The smallest absolute Gasteiger partial charge is 0.0712 e. The first kappa shape index (κ1) is 12.6. The van der Waals surface area contributed by atoms with Crippen LogP contribution >= 0.6 is 0 Å². The van der Waals surface area contributed by atoms with Crippen molar-refractivity contribution >= 4 is 15.8 Å². The average molecular weight is 246 g/mol. The summed E-state index contributed by atoms with van der Waals surface area (Å²) in [6.45, 7) is 5.02. The molecular weight excluding hydrogens is 224 g/mol. The maximum absolute atomic E-state index is 5.46. The Morgan fingerprint density at radius 2 is 1.88 bits per heavy atom. The molecule has 1 aliphatic rings. The summed E-state index contributed by atoms with van der Waals surface area (Å²) in [5.41, 5.74) is 3.91. The van der Waals surface area contributed by atoms with Gasteiger partial charge in [-0.25, -0.2) is 0 Å². The second kappa shape index (κ2) is 6.17. The Balaban J connectivity index is 1.99. The van der Waals surface area contributed by atoms with E-state index >= 15 is 0 Å². The zero-order valence-corrected chi connectivity index (χ0v) is 12.7. The Morgan fingerprint density at radius 3 is 2.47 bits per heavy atom. The van der Waals surface area contributed by atoms with Crippen LogP contribution in [0.4, 0.5) is 0 Å². The van der Waals surface area contributed by atoms with E-state index in [1.807, 2.05) is 0 Å². The average Bonchev–Trinajstić information content (AvgIpc) is 2.90. The minimum absolute atomic E-state index is 0.721. The molecule has 0 saturated heterocycles. The van der Waals surface area contributed by atoms with E-state index < -0.39 is 0 Å². The van der Waals surface area contributed by atoms with Crippen molar-refractivity contribution in [3.05, 3.63) is 42.0 Å². The Labute approximate surface area is 107 Å². The third-order valence-electron chi connectivity index (χ3n) is 3.65. The van der Waals surface area contributed by atoms with Crippen molar-refractivity contribution < 1.29 is 4.74 Å². The number of ether oxygens (including phenoxy) is 1. The van der Waals surface area contributed by atoms with Gasteiger partial charge in [-0.05, 0) is 35.5 Å². The van der Waals surface area contributed by atoms with Gasteiger partial charge in [-0.1, -0.05) is 43.7 Å². The van der Waals surface area contributed by atoms with Gasteiger partial charge in [0.1, 0.15) is 0 Å². The molecule has 1 saturated carbocycles. The van der Waals surface area contributed by atoms with Crippen LogP contribution in [0.3, 0.4) is 0 Å². The minimum Gasteiger partial charge on any atom is -0.381 e. The summed E-state index contributed by atoms with van der Waals surface area (Å²) in [7, 11) is 1.11. The van der Waals surface area contributed by atoms with E-state index in [0.717, 1.165) is 29.0 Å². The van der Waals surface area contributed by atoms with Crippen molar-refractivity contribution in [1.82, 2.24) is 0 Å². The number of rotatable bonds is 5. The van der Waals surface area contributed by atoms with Gasteiger partial charge in [0, 0.05) is 16.5 Å². The van der Waals surface area contributed by atoms with Gasteiger partial charge in [0.15, 0.2) is 0 Å². The van der Waals surface area contributed by atoms with Gasteiger partial charge >= 0.3 is 0 Å². The molecule has 0 radical (unpaired) electrons. The summed E-state index contributed by atoms with van der Waals surface area (Å²) in [6, 6.07) is 8.75. The molecule has 0 aliphatic heterocycles. The van der Waals surface area contributed by atoms with Gasteiger partial charge in [0.25, 0.3) is 0 Å². The van der Waals surface area contributed by atoms with E-state index in [2.05, 4.69) is 30.8 Å². The predicted octanol–water partition coefficient (Wildman–Crippen LogP) is 2.73. The molecule has 0 aromatic heterocycles. The van der Waals surface area contributed by atoms with Gasteiger partial charge in [0.05, 0.1) is 6.61 Å². The summed E-state index contributed by atoms with van der Waals surface area (Å²) in [5, 5.41) is 0. The maximum atomic E-state index is 5.46. The highest BCUT2D eigenvalue weighted by atomic mass is 28.1. The van der Waals surface area contributed by atoms with Crippen LogP contribution in [0, 0.1) is 5.92 Å². The van der Waals surface area contributed by atoms with Crippen molar-refractivity contribution in [3.63, 3.8) is 0 Å². The summed E-state index contributed by atoms with van der Waals surface area (Å²) >= 11 is 0. The first-order chi connectivity index (χ1) is 8.31. The largest absolute Gasteiger partial charge is 0.381 e. The fourth-order valence-electron chi connectivity index (χ4n) is 2.54. The lowest BCUT2D eigenvalue weighted by Gasteiger charge is -2.13. The quantitative estimate of drug-likeness (QED) is 0.726. The summed E-state index contributed by atoms with van der Waals surface area (Å²) in [5.74, 6) is 0.721. The highest BCUT2D eigenvalue weighted by Gasteiger charge is 2.18. The Kier molecular flexibility index (Phi) is 4.57. The van der Waals surface area contributed by atoms with Crippen LogP contribution < -0.4 is 0 Å². The lowest BCUT2D eigenvalue weighted by molar-refractivity contribution is 0.165. The number of hydrogen-bond donors (Lipinski definition) is 0. The van der Waals surface area contributed by atoms with Crippen LogP contribution in [0.25, 0.3) is 5.57 Å². The van der Waals surface area contributed by atoms with Crippen LogP contribution in [0.1, 0.15) is 36.8 Å². The molecule has 92 valence electrons. The topological polar surface area (TPSA) is 9.23 Å². The van der Waals surface area contributed by atoms with Crippen molar-refractivity contribution in [1.29, 1.82) is 0 Å². The molecule has 1 nitrogen and oxygen atoms in total.